The molecule has 61 heavy (non-hydrogen) atoms. The SMILES string of the molecule is CCCCC/C=C\C/C=C\C/C=C\CCCCCCC(=O)OC[C@H](COC(=O)CCCCCCCCCCCCC)OC(=O)CCCC/C=C\C/C=C\C/C=C\CCCCC. The average molecular weight is 851 g/mol. The molecule has 0 aliphatic heterocycles. The second-order valence-corrected chi connectivity index (χ2v) is 16.7. The van der Waals surface area contributed by atoms with Crippen molar-refractivity contribution >= 4 is 17.9 Å². The molecule has 0 aliphatic carbocycles. The molecular weight excluding hydrogens is 757 g/mol. The zero-order valence-corrected chi connectivity index (χ0v) is 39.9. The van der Waals surface area contributed by atoms with Crippen LogP contribution < -0.4 is 0 Å². The Bertz CT molecular complexity index is 1160. The summed E-state index contributed by atoms with van der Waals surface area (Å²) in [6, 6.07) is 0. The maximum atomic E-state index is 12.8. The van der Waals surface area contributed by atoms with Gasteiger partial charge in [-0.3, -0.25) is 14.4 Å². The standard InChI is InChI=1S/C55H94O6/c1-4-7-10-13-16-19-22-24-26-27-29-30-33-36-39-42-45-48-54(57)60-51-52(50-59-53(56)47-44-41-38-35-32-21-18-15-12-9-6-3)61-55(58)49-46-43-40-37-34-31-28-25-23-20-17-14-11-8-5-2/h16-17,19-20,24-26,28-30,34,37,52H,4-15,18,21-23,27,31-33,35-36,38-51H2,1-3H3/b19-16-,20-17-,26-24-,28-25-,30-29-,37-34-/t52-/m0/s1. The van der Waals surface area contributed by atoms with Crippen LogP contribution in [0.2, 0.25) is 0 Å². The van der Waals surface area contributed by atoms with Gasteiger partial charge in [0.15, 0.2) is 6.10 Å². The van der Waals surface area contributed by atoms with Gasteiger partial charge in [-0.05, 0) is 96.3 Å². The van der Waals surface area contributed by atoms with Crippen molar-refractivity contribution in [1.29, 1.82) is 0 Å². The van der Waals surface area contributed by atoms with Gasteiger partial charge < -0.3 is 14.2 Å². The highest BCUT2D eigenvalue weighted by molar-refractivity contribution is 5.71. The summed E-state index contributed by atoms with van der Waals surface area (Å²) in [4.78, 5) is 37.9. The van der Waals surface area contributed by atoms with E-state index in [-0.39, 0.29) is 37.5 Å². The van der Waals surface area contributed by atoms with Crippen molar-refractivity contribution in [3.63, 3.8) is 0 Å². The molecule has 0 saturated carbocycles. The second kappa shape index (κ2) is 49.5. The molecule has 0 N–H and O–H groups in total. The Balaban J connectivity index is 4.47. The van der Waals surface area contributed by atoms with Gasteiger partial charge in [-0.15, -0.1) is 0 Å². The molecule has 0 rings (SSSR count). The Morgan fingerprint density at radius 1 is 0.328 bits per heavy atom. The van der Waals surface area contributed by atoms with E-state index in [1.54, 1.807) is 0 Å². The van der Waals surface area contributed by atoms with Gasteiger partial charge in [0.25, 0.3) is 0 Å². The molecule has 0 amide bonds. The predicted octanol–water partition coefficient (Wildman–Crippen LogP) is 16.6. The highest BCUT2D eigenvalue weighted by Gasteiger charge is 2.19. The van der Waals surface area contributed by atoms with Crippen LogP contribution in [0.15, 0.2) is 72.9 Å². The summed E-state index contributed by atoms with van der Waals surface area (Å²) in [5.41, 5.74) is 0. The first-order valence-corrected chi connectivity index (χ1v) is 25.4. The normalized spacial score (nSPS) is 12.6. The first-order chi connectivity index (χ1) is 30.0. The number of ether oxygens (including phenoxy) is 3. The van der Waals surface area contributed by atoms with Gasteiger partial charge in [0, 0.05) is 19.3 Å². The molecule has 0 unspecified atom stereocenters. The molecule has 6 nitrogen and oxygen atoms in total. The minimum absolute atomic E-state index is 0.0970. The number of esters is 3. The first kappa shape index (κ1) is 57.9. The summed E-state index contributed by atoms with van der Waals surface area (Å²) in [6.07, 6.45) is 61.7. The molecule has 0 saturated heterocycles. The smallest absolute Gasteiger partial charge is 0.306 e. The van der Waals surface area contributed by atoms with Gasteiger partial charge in [-0.1, -0.05) is 196 Å². The summed E-state index contributed by atoms with van der Waals surface area (Å²) in [5.74, 6) is -0.958. The van der Waals surface area contributed by atoms with Gasteiger partial charge in [0.1, 0.15) is 13.2 Å². The van der Waals surface area contributed by atoms with Crippen molar-refractivity contribution < 1.29 is 28.6 Å². The average Bonchev–Trinajstić information content (AvgIpc) is 3.26. The molecule has 0 aromatic carbocycles. The third-order valence-electron chi connectivity index (χ3n) is 10.7. The van der Waals surface area contributed by atoms with Gasteiger partial charge in [-0.2, -0.15) is 0 Å². The highest BCUT2D eigenvalue weighted by atomic mass is 16.6. The topological polar surface area (TPSA) is 78.9 Å². The van der Waals surface area contributed by atoms with Crippen LogP contribution >= 0.6 is 0 Å². The lowest BCUT2D eigenvalue weighted by Crippen LogP contribution is -2.30. The largest absolute Gasteiger partial charge is 0.462 e. The predicted molar refractivity (Wildman–Crippen MR) is 261 cm³/mol. The summed E-state index contributed by atoms with van der Waals surface area (Å²) in [6.45, 7) is 6.52. The van der Waals surface area contributed by atoms with Crippen LogP contribution in [-0.4, -0.2) is 37.2 Å². The molecule has 0 aliphatic rings. The fourth-order valence-corrected chi connectivity index (χ4v) is 6.81. The lowest BCUT2D eigenvalue weighted by atomic mass is 10.1. The van der Waals surface area contributed by atoms with Crippen LogP contribution in [0.1, 0.15) is 239 Å². The molecule has 0 aromatic heterocycles. The van der Waals surface area contributed by atoms with E-state index in [9.17, 15) is 14.4 Å². The van der Waals surface area contributed by atoms with Crippen molar-refractivity contribution in [2.75, 3.05) is 13.2 Å². The summed E-state index contributed by atoms with van der Waals surface area (Å²) >= 11 is 0. The Morgan fingerprint density at radius 2 is 0.590 bits per heavy atom. The molecule has 0 fully saturated rings. The van der Waals surface area contributed by atoms with Crippen LogP contribution in [0.3, 0.4) is 0 Å². The van der Waals surface area contributed by atoms with E-state index < -0.39 is 6.10 Å². The Labute approximate surface area is 376 Å². The van der Waals surface area contributed by atoms with Crippen molar-refractivity contribution in [2.45, 2.75) is 245 Å². The Kier molecular flexibility index (Phi) is 46.9. The summed E-state index contributed by atoms with van der Waals surface area (Å²) < 4.78 is 16.7. The quantitative estimate of drug-likeness (QED) is 0.0263. The van der Waals surface area contributed by atoms with Gasteiger partial charge in [-0.25, -0.2) is 0 Å². The molecular formula is C55H94O6. The van der Waals surface area contributed by atoms with E-state index >= 15 is 0 Å². The van der Waals surface area contributed by atoms with Crippen LogP contribution in [0.5, 0.6) is 0 Å². The fourth-order valence-electron chi connectivity index (χ4n) is 6.81. The van der Waals surface area contributed by atoms with Crippen molar-refractivity contribution in [3.05, 3.63) is 72.9 Å². The zero-order valence-electron chi connectivity index (χ0n) is 39.9. The number of unbranched alkanes of at least 4 members (excludes halogenated alkanes) is 22. The third kappa shape index (κ3) is 47.7. The molecule has 0 bridgehead atoms. The van der Waals surface area contributed by atoms with Crippen LogP contribution in [0.4, 0.5) is 0 Å². The van der Waals surface area contributed by atoms with Crippen molar-refractivity contribution in [1.82, 2.24) is 0 Å². The maximum absolute atomic E-state index is 12.8. The van der Waals surface area contributed by atoms with Gasteiger partial charge in [0.2, 0.25) is 0 Å². The summed E-state index contributed by atoms with van der Waals surface area (Å²) in [7, 11) is 0. The maximum Gasteiger partial charge on any atom is 0.306 e. The van der Waals surface area contributed by atoms with E-state index in [1.807, 2.05) is 0 Å². The van der Waals surface area contributed by atoms with E-state index in [0.717, 1.165) is 89.9 Å². The number of carbonyl (C=O) groups excluding carboxylic acids is 3. The molecule has 0 aromatic rings. The lowest BCUT2D eigenvalue weighted by molar-refractivity contribution is -0.167. The zero-order chi connectivity index (χ0) is 44.4. The van der Waals surface area contributed by atoms with E-state index in [0.29, 0.717) is 19.3 Å². The molecule has 350 valence electrons. The first-order valence-electron chi connectivity index (χ1n) is 25.4. The lowest BCUT2D eigenvalue weighted by Gasteiger charge is -2.18. The molecule has 0 radical (unpaired) electrons. The second-order valence-electron chi connectivity index (χ2n) is 16.7. The molecule has 1 atom stereocenters. The van der Waals surface area contributed by atoms with E-state index in [1.165, 1.54) is 103 Å². The molecule has 0 heterocycles. The number of allylic oxidation sites excluding steroid dienone is 12. The van der Waals surface area contributed by atoms with Gasteiger partial charge >= 0.3 is 17.9 Å². The fraction of sp³-hybridized carbons (Fsp3) is 0.727. The number of hydrogen-bond donors (Lipinski definition) is 0. The van der Waals surface area contributed by atoms with Gasteiger partial charge in [0.05, 0.1) is 0 Å². The van der Waals surface area contributed by atoms with Crippen molar-refractivity contribution in [2.24, 2.45) is 0 Å². The monoisotopic (exact) mass is 851 g/mol. The minimum Gasteiger partial charge on any atom is -0.462 e. The minimum atomic E-state index is -0.802. The number of carbonyl (C=O) groups is 3. The Hall–Kier alpha value is -3.15. The van der Waals surface area contributed by atoms with Crippen LogP contribution in [0, 0.1) is 0 Å². The van der Waals surface area contributed by atoms with Crippen LogP contribution in [-0.2, 0) is 28.6 Å². The molecule has 6 heteroatoms. The number of rotatable bonds is 45. The number of hydrogen-bond acceptors (Lipinski definition) is 6. The van der Waals surface area contributed by atoms with Crippen LogP contribution in [0.25, 0.3) is 0 Å². The third-order valence-corrected chi connectivity index (χ3v) is 10.7. The van der Waals surface area contributed by atoms with Crippen molar-refractivity contribution in [3.8, 4) is 0 Å². The summed E-state index contributed by atoms with van der Waals surface area (Å²) in [5, 5.41) is 0. The van der Waals surface area contributed by atoms with E-state index in [4.69, 9.17) is 14.2 Å². The molecule has 0 spiro atoms. The Morgan fingerprint density at radius 3 is 0.984 bits per heavy atom. The highest BCUT2D eigenvalue weighted by Crippen LogP contribution is 2.14. The van der Waals surface area contributed by atoms with E-state index in [2.05, 4.69) is 93.7 Å².